The Kier molecular flexibility index (Phi) is 7.25. The number of pyridine rings is 1. The van der Waals surface area contributed by atoms with Crippen molar-refractivity contribution >= 4 is 56.8 Å². The number of aromatic nitrogens is 4. The van der Waals surface area contributed by atoms with Gasteiger partial charge in [-0.25, -0.2) is 19.7 Å². The number of nitrogens with zero attached hydrogens (tertiary/aromatic N) is 4. The number of thiophene rings is 1. The number of nitrogens with two attached hydrogens (primary N) is 1. The highest BCUT2D eigenvalue weighted by atomic mass is 35.5. The van der Waals surface area contributed by atoms with Gasteiger partial charge in [0.2, 0.25) is 0 Å². The zero-order chi connectivity index (χ0) is 25.9. The summed E-state index contributed by atoms with van der Waals surface area (Å²) in [5, 5.41) is 14.2. The van der Waals surface area contributed by atoms with Crippen LogP contribution in [0.3, 0.4) is 0 Å². The first-order valence-electron chi connectivity index (χ1n) is 12.1. The van der Waals surface area contributed by atoms with Crippen LogP contribution >= 0.6 is 22.9 Å². The molecule has 0 bridgehead atoms. The van der Waals surface area contributed by atoms with Crippen molar-refractivity contribution in [1.82, 2.24) is 24.8 Å². The Morgan fingerprint density at radius 3 is 2.65 bits per heavy atom. The number of rotatable bonds is 3. The summed E-state index contributed by atoms with van der Waals surface area (Å²) in [6, 6.07) is 12.7. The molecule has 1 saturated carbocycles. The van der Waals surface area contributed by atoms with E-state index in [0.29, 0.717) is 16.9 Å². The average molecular weight is 535 g/mol. The maximum absolute atomic E-state index is 9.26. The van der Waals surface area contributed by atoms with Crippen LogP contribution in [0.25, 0.3) is 43.6 Å². The van der Waals surface area contributed by atoms with Gasteiger partial charge in [0.25, 0.3) is 0 Å². The van der Waals surface area contributed by atoms with Gasteiger partial charge in [-0.1, -0.05) is 43.0 Å². The summed E-state index contributed by atoms with van der Waals surface area (Å²) in [6.07, 6.45) is 8.83. The Morgan fingerprint density at radius 2 is 1.95 bits per heavy atom. The maximum atomic E-state index is 9.26. The second-order valence-electron chi connectivity index (χ2n) is 8.95. The second kappa shape index (κ2) is 10.7. The minimum absolute atomic E-state index is 0.428. The second-order valence-corrected chi connectivity index (χ2v) is 10.3. The van der Waals surface area contributed by atoms with Gasteiger partial charge in [0.1, 0.15) is 17.8 Å². The van der Waals surface area contributed by atoms with Gasteiger partial charge in [0, 0.05) is 40.8 Å². The number of amides is 1. The number of halogens is 1. The predicted octanol–water partition coefficient (Wildman–Crippen LogP) is 7.00. The van der Waals surface area contributed by atoms with E-state index in [1.807, 2.05) is 23.5 Å². The molecule has 0 aliphatic heterocycles. The number of benzene rings is 1. The molecule has 1 aliphatic carbocycles. The van der Waals surface area contributed by atoms with E-state index in [0.717, 1.165) is 56.5 Å². The van der Waals surface area contributed by atoms with Gasteiger partial charge < -0.3 is 20.7 Å². The molecule has 4 N–H and O–H groups in total. The first-order valence-corrected chi connectivity index (χ1v) is 13.4. The number of hydrogen-bond donors (Lipinski definition) is 3. The summed E-state index contributed by atoms with van der Waals surface area (Å²) in [5.41, 5.74) is 11.0. The molecular weight excluding hydrogens is 508 g/mol. The highest BCUT2D eigenvalue weighted by molar-refractivity contribution is 7.13. The molecule has 1 amide bonds. The third kappa shape index (κ3) is 5.10. The first kappa shape index (κ1) is 25.0. The zero-order valence-corrected chi connectivity index (χ0v) is 21.9. The smallest absolute Gasteiger partial charge is 0.404 e. The monoisotopic (exact) mass is 534 g/mol. The standard InChI is InChI=1S/C25H22ClN5S.C2H5NO2/c26-19-11-15-8-9-20(22-7-4-10-32-22)30-21(15)12-17(19)18-13-31(16-5-2-1-3-6-16)25-23(18)24(27)28-14-29-25;1-3-2(4)5/h4,7-14,16H,1-3,5-6H2,(H2,27,28,29);3H,1H3,(H,4,5). The van der Waals surface area contributed by atoms with Gasteiger partial charge in [-0.3, -0.25) is 0 Å². The normalized spacial score (nSPS) is 13.9. The summed E-state index contributed by atoms with van der Waals surface area (Å²) in [6.45, 7) is 0. The lowest BCUT2D eigenvalue weighted by molar-refractivity contribution is 0.197. The molecular formula is C27H27ClN6O2S. The fourth-order valence-electron chi connectivity index (χ4n) is 4.86. The van der Waals surface area contributed by atoms with E-state index < -0.39 is 6.09 Å². The SMILES string of the molecule is CNC(=O)O.Nc1ncnc2c1c(-c1cc3nc(-c4cccs4)ccc3cc1Cl)cn2C1CCCCC1. The summed E-state index contributed by atoms with van der Waals surface area (Å²) in [5.74, 6) is 0.482. The molecule has 0 saturated heterocycles. The molecule has 6 rings (SSSR count). The molecule has 37 heavy (non-hydrogen) atoms. The van der Waals surface area contributed by atoms with Gasteiger partial charge in [0.05, 0.1) is 21.5 Å². The van der Waals surface area contributed by atoms with Crippen molar-refractivity contribution in [3.63, 3.8) is 0 Å². The van der Waals surface area contributed by atoms with E-state index >= 15 is 0 Å². The van der Waals surface area contributed by atoms with Crippen LogP contribution < -0.4 is 11.1 Å². The molecule has 0 spiro atoms. The summed E-state index contributed by atoms with van der Waals surface area (Å²) >= 11 is 8.49. The molecule has 10 heteroatoms. The van der Waals surface area contributed by atoms with E-state index in [1.54, 1.807) is 17.7 Å². The van der Waals surface area contributed by atoms with E-state index in [2.05, 4.69) is 44.3 Å². The topological polar surface area (TPSA) is 119 Å². The quantitative estimate of drug-likeness (QED) is 0.229. The van der Waals surface area contributed by atoms with Crippen LogP contribution in [0.15, 0.2) is 54.3 Å². The Balaban J connectivity index is 0.000000514. The molecule has 0 atom stereocenters. The van der Waals surface area contributed by atoms with Crippen molar-refractivity contribution in [2.24, 2.45) is 0 Å². The van der Waals surface area contributed by atoms with Crippen LogP contribution in [-0.4, -0.2) is 37.8 Å². The van der Waals surface area contributed by atoms with Gasteiger partial charge in [0.15, 0.2) is 0 Å². The van der Waals surface area contributed by atoms with Crippen molar-refractivity contribution < 1.29 is 9.90 Å². The molecule has 0 unspecified atom stereocenters. The minimum atomic E-state index is -0.995. The van der Waals surface area contributed by atoms with Gasteiger partial charge in [-0.05, 0) is 42.5 Å². The molecule has 1 aromatic carbocycles. The van der Waals surface area contributed by atoms with Crippen molar-refractivity contribution in [3.05, 3.63) is 59.3 Å². The van der Waals surface area contributed by atoms with Crippen LogP contribution in [0.2, 0.25) is 5.02 Å². The first-order chi connectivity index (χ1) is 18.0. The molecule has 8 nitrogen and oxygen atoms in total. The lowest BCUT2D eigenvalue weighted by Gasteiger charge is -2.23. The highest BCUT2D eigenvalue weighted by Crippen LogP contribution is 2.41. The lowest BCUT2D eigenvalue weighted by atomic mass is 9.95. The largest absolute Gasteiger partial charge is 0.465 e. The van der Waals surface area contributed by atoms with Crippen molar-refractivity contribution in [1.29, 1.82) is 0 Å². The molecule has 1 fully saturated rings. The van der Waals surface area contributed by atoms with Crippen LogP contribution in [-0.2, 0) is 0 Å². The summed E-state index contributed by atoms with van der Waals surface area (Å²) in [7, 11) is 1.35. The zero-order valence-electron chi connectivity index (χ0n) is 20.3. The predicted molar refractivity (Wildman–Crippen MR) is 150 cm³/mol. The van der Waals surface area contributed by atoms with Crippen LogP contribution in [0.4, 0.5) is 10.6 Å². The minimum Gasteiger partial charge on any atom is -0.465 e. The molecule has 1 aliphatic rings. The molecule has 4 aromatic heterocycles. The van der Waals surface area contributed by atoms with E-state index in [9.17, 15) is 4.79 Å². The summed E-state index contributed by atoms with van der Waals surface area (Å²) in [4.78, 5) is 24.2. The van der Waals surface area contributed by atoms with Crippen molar-refractivity contribution in [2.45, 2.75) is 38.1 Å². The van der Waals surface area contributed by atoms with E-state index in [4.69, 9.17) is 27.4 Å². The van der Waals surface area contributed by atoms with Crippen LogP contribution in [0.5, 0.6) is 0 Å². The number of carboxylic acid groups (broad SMARTS) is 1. The molecule has 0 radical (unpaired) electrons. The number of anilines is 1. The Labute approximate surface area is 223 Å². The lowest BCUT2D eigenvalue weighted by Crippen LogP contribution is -2.13. The number of nitrogens with one attached hydrogen (secondary N) is 1. The van der Waals surface area contributed by atoms with Crippen LogP contribution in [0.1, 0.15) is 38.1 Å². The molecule has 190 valence electrons. The average Bonchev–Trinajstić information content (AvgIpc) is 3.58. The van der Waals surface area contributed by atoms with E-state index in [-0.39, 0.29) is 0 Å². The van der Waals surface area contributed by atoms with Crippen molar-refractivity contribution in [3.8, 4) is 21.7 Å². The Morgan fingerprint density at radius 1 is 1.16 bits per heavy atom. The Bertz CT molecular complexity index is 1560. The highest BCUT2D eigenvalue weighted by Gasteiger charge is 2.23. The fraction of sp³-hybridized carbons (Fsp3) is 0.259. The number of fused-ring (bicyclic) bond motifs is 2. The third-order valence-corrected chi connectivity index (χ3v) is 7.87. The number of hydrogen-bond acceptors (Lipinski definition) is 6. The third-order valence-electron chi connectivity index (χ3n) is 6.66. The summed E-state index contributed by atoms with van der Waals surface area (Å²) < 4.78 is 2.29. The van der Waals surface area contributed by atoms with Gasteiger partial charge in [-0.15, -0.1) is 11.3 Å². The van der Waals surface area contributed by atoms with Crippen molar-refractivity contribution in [2.75, 3.05) is 12.8 Å². The molecule has 4 heterocycles. The molecule has 5 aromatic rings. The number of nitrogen functional groups attached to an aromatic ring is 1. The maximum Gasteiger partial charge on any atom is 0.404 e. The Hall–Kier alpha value is -3.69. The van der Waals surface area contributed by atoms with Crippen LogP contribution in [0, 0.1) is 0 Å². The van der Waals surface area contributed by atoms with Gasteiger partial charge >= 0.3 is 6.09 Å². The van der Waals surface area contributed by atoms with E-state index in [1.165, 1.54) is 26.3 Å². The van der Waals surface area contributed by atoms with Gasteiger partial charge in [-0.2, -0.15) is 0 Å². The fourth-order valence-corrected chi connectivity index (χ4v) is 5.83. The number of carbonyl (C=O) groups is 1.